The summed E-state index contributed by atoms with van der Waals surface area (Å²) in [7, 11) is 0. The van der Waals surface area contributed by atoms with Gasteiger partial charge in [-0.05, 0) is 70.8 Å². The first-order valence-corrected chi connectivity index (χ1v) is 18.3. The molecule has 0 unspecified atom stereocenters. The molecule has 0 aliphatic carbocycles. The highest BCUT2D eigenvalue weighted by Gasteiger charge is 2.24. The lowest BCUT2D eigenvalue weighted by molar-refractivity contribution is 1.27. The Bertz CT molecular complexity index is 3020. The molecule has 51 heavy (non-hydrogen) atoms. The van der Waals surface area contributed by atoms with Gasteiger partial charge in [0.05, 0.1) is 22.2 Å². The second kappa shape index (κ2) is 11.0. The summed E-state index contributed by atoms with van der Waals surface area (Å²) in [6, 6.07) is 66.8. The zero-order valence-electron chi connectivity index (χ0n) is 27.6. The fourth-order valence-electron chi connectivity index (χ4n) is 8.25. The second-order valence-corrected chi connectivity index (χ2v) is 14.4. The molecular formula is C48H30N2S. The molecule has 0 atom stereocenters. The maximum atomic E-state index is 2.51. The van der Waals surface area contributed by atoms with Gasteiger partial charge >= 0.3 is 0 Å². The Labute approximate surface area is 299 Å². The Morgan fingerprint density at radius 1 is 0.353 bits per heavy atom. The molecule has 8 aromatic carbocycles. The number of anilines is 3. The van der Waals surface area contributed by atoms with Crippen LogP contribution in [-0.2, 0) is 0 Å². The molecule has 11 rings (SSSR count). The molecule has 3 aromatic heterocycles. The predicted molar refractivity (Wildman–Crippen MR) is 220 cm³/mol. The first-order chi connectivity index (χ1) is 25.3. The highest BCUT2D eigenvalue weighted by molar-refractivity contribution is 7.25. The van der Waals surface area contributed by atoms with Crippen LogP contribution in [0.3, 0.4) is 0 Å². The normalized spacial score (nSPS) is 11.9. The summed E-state index contributed by atoms with van der Waals surface area (Å²) in [5.41, 5.74) is 11.9. The van der Waals surface area contributed by atoms with Crippen LogP contribution < -0.4 is 4.90 Å². The Hall–Kier alpha value is -6.42. The molecular weight excluding hydrogens is 637 g/mol. The van der Waals surface area contributed by atoms with Gasteiger partial charge in [-0.3, -0.25) is 0 Å². The van der Waals surface area contributed by atoms with E-state index in [1.807, 2.05) is 11.3 Å². The van der Waals surface area contributed by atoms with Crippen LogP contribution in [0.25, 0.3) is 80.5 Å². The van der Waals surface area contributed by atoms with E-state index in [-0.39, 0.29) is 0 Å². The first-order valence-electron chi connectivity index (χ1n) is 17.4. The third-order valence-electron chi connectivity index (χ3n) is 10.5. The van der Waals surface area contributed by atoms with E-state index < -0.39 is 0 Å². The Morgan fingerprint density at radius 2 is 0.922 bits per heavy atom. The molecule has 0 fully saturated rings. The van der Waals surface area contributed by atoms with Gasteiger partial charge in [0.25, 0.3) is 0 Å². The van der Waals surface area contributed by atoms with Gasteiger partial charge in [-0.25, -0.2) is 0 Å². The molecule has 0 saturated carbocycles. The van der Waals surface area contributed by atoms with Gasteiger partial charge in [-0.2, -0.15) is 0 Å². The van der Waals surface area contributed by atoms with Crippen LogP contribution in [0.5, 0.6) is 0 Å². The summed E-state index contributed by atoms with van der Waals surface area (Å²) in [4.78, 5) is 2.49. The van der Waals surface area contributed by atoms with Crippen molar-refractivity contribution in [2.24, 2.45) is 0 Å². The number of aromatic nitrogens is 1. The fraction of sp³-hybridized carbons (Fsp3) is 0. The lowest BCUT2D eigenvalue weighted by Crippen LogP contribution is -2.11. The maximum Gasteiger partial charge on any atom is 0.0782 e. The first kappa shape index (κ1) is 28.4. The number of fused-ring (bicyclic) bond motifs is 9. The molecule has 3 heterocycles. The number of nitrogens with zero attached hydrogens (tertiary/aromatic N) is 2. The average Bonchev–Trinajstić information content (AvgIpc) is 3.86. The molecule has 3 heteroatoms. The molecule has 238 valence electrons. The quantitative estimate of drug-likeness (QED) is 0.177. The van der Waals surface area contributed by atoms with Crippen LogP contribution >= 0.6 is 11.3 Å². The topological polar surface area (TPSA) is 7.65 Å². The van der Waals surface area contributed by atoms with Gasteiger partial charge in [0.15, 0.2) is 0 Å². The summed E-state index contributed by atoms with van der Waals surface area (Å²) in [5.74, 6) is 0. The van der Waals surface area contributed by atoms with Crippen LogP contribution in [0.4, 0.5) is 17.1 Å². The highest BCUT2D eigenvalue weighted by atomic mass is 32.1. The van der Waals surface area contributed by atoms with Crippen LogP contribution in [0.15, 0.2) is 182 Å². The Morgan fingerprint density at radius 3 is 1.67 bits per heavy atom. The summed E-state index contributed by atoms with van der Waals surface area (Å²) in [6.07, 6.45) is 0. The molecule has 0 radical (unpaired) electrons. The zero-order valence-corrected chi connectivity index (χ0v) is 28.4. The Balaban J connectivity index is 1.27. The Kier molecular flexibility index (Phi) is 6.16. The summed E-state index contributed by atoms with van der Waals surface area (Å²) in [5, 5.41) is 7.72. The third kappa shape index (κ3) is 4.29. The minimum atomic E-state index is 1.12. The van der Waals surface area contributed by atoms with E-state index in [0.717, 1.165) is 17.1 Å². The van der Waals surface area contributed by atoms with Crippen molar-refractivity contribution in [3.63, 3.8) is 0 Å². The minimum Gasteiger partial charge on any atom is -0.308 e. The van der Waals surface area contributed by atoms with E-state index in [1.54, 1.807) is 0 Å². The molecule has 0 amide bonds. The standard InChI is InChI=1S/C48H30N2S/c1-3-13-31(14-4-1)33-27-34(32-15-5-2-6-16-32)29-36(28-33)49(35-25-26-39-38-18-8-10-24-45(38)51-46(39)30-35)44-23-12-21-42-41-20-11-19-40-37-17-7-9-22-43(37)50(47(40)41)48(42)44/h1-30H. The van der Waals surface area contributed by atoms with E-state index in [0.29, 0.717) is 0 Å². The molecule has 0 saturated heterocycles. The summed E-state index contributed by atoms with van der Waals surface area (Å²) in [6.45, 7) is 0. The van der Waals surface area contributed by atoms with Gasteiger partial charge in [-0.15, -0.1) is 11.3 Å². The maximum absolute atomic E-state index is 2.51. The minimum absolute atomic E-state index is 1.12. The molecule has 0 aliphatic rings. The van der Waals surface area contributed by atoms with Crippen LogP contribution in [0.1, 0.15) is 0 Å². The van der Waals surface area contributed by atoms with Crippen molar-refractivity contribution in [3.05, 3.63) is 182 Å². The number of rotatable bonds is 5. The number of benzene rings is 8. The average molecular weight is 667 g/mol. The van der Waals surface area contributed by atoms with Gasteiger partial charge in [0, 0.05) is 53.1 Å². The van der Waals surface area contributed by atoms with Crippen molar-refractivity contribution in [2.75, 3.05) is 4.90 Å². The largest absolute Gasteiger partial charge is 0.308 e. The van der Waals surface area contributed by atoms with E-state index >= 15 is 0 Å². The van der Waals surface area contributed by atoms with Gasteiger partial charge in [-0.1, -0.05) is 133 Å². The van der Waals surface area contributed by atoms with Gasteiger partial charge in [0.2, 0.25) is 0 Å². The SMILES string of the molecule is c1ccc(-c2cc(-c3ccccc3)cc(N(c3ccc4c(c3)sc3ccccc34)c3cccc4c5cccc6c7ccccc7n(c34)c65)c2)cc1. The lowest BCUT2D eigenvalue weighted by atomic mass is 9.97. The van der Waals surface area contributed by atoms with Crippen molar-refractivity contribution in [3.8, 4) is 22.3 Å². The molecule has 2 nitrogen and oxygen atoms in total. The molecule has 0 spiro atoms. The van der Waals surface area contributed by atoms with Crippen molar-refractivity contribution < 1.29 is 0 Å². The van der Waals surface area contributed by atoms with E-state index in [9.17, 15) is 0 Å². The predicted octanol–water partition coefficient (Wildman–Crippen LogP) is 14.0. The van der Waals surface area contributed by atoms with E-state index in [1.165, 1.54) is 80.5 Å². The van der Waals surface area contributed by atoms with E-state index in [2.05, 4.69) is 191 Å². The smallest absolute Gasteiger partial charge is 0.0782 e. The highest BCUT2D eigenvalue weighted by Crippen LogP contribution is 2.48. The van der Waals surface area contributed by atoms with Crippen molar-refractivity contribution in [1.82, 2.24) is 4.40 Å². The van der Waals surface area contributed by atoms with Crippen molar-refractivity contribution in [1.29, 1.82) is 0 Å². The lowest BCUT2D eigenvalue weighted by Gasteiger charge is -2.28. The van der Waals surface area contributed by atoms with E-state index in [4.69, 9.17) is 0 Å². The van der Waals surface area contributed by atoms with Crippen LogP contribution in [0.2, 0.25) is 0 Å². The number of thiophene rings is 1. The summed E-state index contributed by atoms with van der Waals surface area (Å²) >= 11 is 1.87. The third-order valence-corrected chi connectivity index (χ3v) is 11.6. The molecule has 0 bridgehead atoms. The van der Waals surface area contributed by atoms with Crippen molar-refractivity contribution >= 4 is 86.7 Å². The zero-order chi connectivity index (χ0) is 33.5. The molecule has 11 aromatic rings. The fourth-order valence-corrected chi connectivity index (χ4v) is 9.39. The number of hydrogen-bond acceptors (Lipinski definition) is 2. The second-order valence-electron chi connectivity index (χ2n) is 13.3. The van der Waals surface area contributed by atoms with Gasteiger partial charge in [0.1, 0.15) is 0 Å². The molecule has 0 aliphatic heterocycles. The van der Waals surface area contributed by atoms with Crippen molar-refractivity contribution in [2.45, 2.75) is 0 Å². The monoisotopic (exact) mass is 666 g/mol. The van der Waals surface area contributed by atoms with Crippen LogP contribution in [-0.4, -0.2) is 4.40 Å². The number of hydrogen-bond donors (Lipinski definition) is 0. The van der Waals surface area contributed by atoms with Gasteiger partial charge < -0.3 is 9.30 Å². The van der Waals surface area contributed by atoms with Crippen LogP contribution in [0, 0.1) is 0 Å². The summed E-state index contributed by atoms with van der Waals surface area (Å²) < 4.78 is 5.10. The number of para-hydroxylation sites is 3. The molecule has 0 N–H and O–H groups in total.